The predicted octanol–water partition coefficient (Wildman–Crippen LogP) is 1.62. The number of hydrogen-bond donors (Lipinski definition) is 2. The zero-order valence-corrected chi connectivity index (χ0v) is 10.1. The Morgan fingerprint density at radius 3 is 3.18 bits per heavy atom. The monoisotopic (exact) mass is 232 g/mol. The SMILES string of the molecule is NC(c1ccc2c(c1)CCCO2)C1CCNC1. The maximum Gasteiger partial charge on any atom is 0.122 e. The van der Waals surface area contributed by atoms with Crippen LogP contribution in [-0.4, -0.2) is 19.7 Å². The van der Waals surface area contributed by atoms with Crippen LogP contribution in [-0.2, 0) is 6.42 Å². The molecule has 92 valence electrons. The van der Waals surface area contributed by atoms with Gasteiger partial charge in [0, 0.05) is 6.04 Å². The Labute approximate surface area is 102 Å². The molecule has 0 amide bonds. The number of rotatable bonds is 2. The third-order valence-corrected chi connectivity index (χ3v) is 3.92. The van der Waals surface area contributed by atoms with Crippen LogP contribution in [0.15, 0.2) is 18.2 Å². The van der Waals surface area contributed by atoms with Gasteiger partial charge in [0.25, 0.3) is 0 Å². The second kappa shape index (κ2) is 4.67. The molecule has 2 heterocycles. The van der Waals surface area contributed by atoms with Crippen LogP contribution in [0.1, 0.15) is 30.0 Å². The Bertz CT molecular complexity index is 399. The second-order valence-corrected chi connectivity index (χ2v) is 5.10. The van der Waals surface area contributed by atoms with Crippen molar-refractivity contribution in [3.63, 3.8) is 0 Å². The minimum absolute atomic E-state index is 0.164. The van der Waals surface area contributed by atoms with Crippen LogP contribution in [0.3, 0.4) is 0 Å². The normalized spacial score (nSPS) is 25.1. The van der Waals surface area contributed by atoms with E-state index in [-0.39, 0.29) is 6.04 Å². The van der Waals surface area contributed by atoms with E-state index in [9.17, 15) is 0 Å². The van der Waals surface area contributed by atoms with Gasteiger partial charge in [0.1, 0.15) is 5.75 Å². The summed E-state index contributed by atoms with van der Waals surface area (Å²) in [6, 6.07) is 6.63. The first kappa shape index (κ1) is 11.1. The molecular formula is C14H20N2O. The number of fused-ring (bicyclic) bond motifs is 1. The van der Waals surface area contributed by atoms with Gasteiger partial charge in [-0.05, 0) is 55.5 Å². The number of ether oxygens (including phenoxy) is 1. The summed E-state index contributed by atoms with van der Waals surface area (Å²) >= 11 is 0. The van der Waals surface area contributed by atoms with E-state index in [2.05, 4.69) is 23.5 Å². The third kappa shape index (κ3) is 2.17. The third-order valence-electron chi connectivity index (χ3n) is 3.92. The van der Waals surface area contributed by atoms with Gasteiger partial charge >= 0.3 is 0 Å². The molecule has 3 N–H and O–H groups in total. The lowest BCUT2D eigenvalue weighted by Gasteiger charge is -2.22. The predicted molar refractivity (Wildman–Crippen MR) is 68.2 cm³/mol. The largest absolute Gasteiger partial charge is 0.493 e. The van der Waals surface area contributed by atoms with E-state index in [0.29, 0.717) is 5.92 Å². The zero-order chi connectivity index (χ0) is 11.7. The first-order chi connectivity index (χ1) is 8.34. The molecule has 0 saturated carbocycles. The Kier molecular flexibility index (Phi) is 3.04. The number of aryl methyl sites for hydroxylation is 1. The van der Waals surface area contributed by atoms with Gasteiger partial charge in [-0.1, -0.05) is 12.1 Å². The van der Waals surface area contributed by atoms with Crippen LogP contribution in [0.5, 0.6) is 5.75 Å². The van der Waals surface area contributed by atoms with Gasteiger partial charge < -0.3 is 15.8 Å². The molecule has 0 radical (unpaired) electrons. The molecular weight excluding hydrogens is 212 g/mol. The van der Waals surface area contributed by atoms with Crippen molar-refractivity contribution in [3.8, 4) is 5.75 Å². The van der Waals surface area contributed by atoms with Crippen molar-refractivity contribution < 1.29 is 4.74 Å². The maximum atomic E-state index is 6.35. The first-order valence-corrected chi connectivity index (χ1v) is 6.56. The number of benzene rings is 1. The highest BCUT2D eigenvalue weighted by Crippen LogP contribution is 2.30. The summed E-state index contributed by atoms with van der Waals surface area (Å²) in [5, 5.41) is 3.38. The van der Waals surface area contributed by atoms with Crippen molar-refractivity contribution in [2.45, 2.75) is 25.3 Å². The molecule has 3 nitrogen and oxygen atoms in total. The molecule has 0 bridgehead atoms. The summed E-state index contributed by atoms with van der Waals surface area (Å²) in [6.45, 7) is 3.01. The highest BCUT2D eigenvalue weighted by Gasteiger charge is 2.24. The Morgan fingerprint density at radius 1 is 1.41 bits per heavy atom. The van der Waals surface area contributed by atoms with E-state index in [4.69, 9.17) is 10.5 Å². The summed E-state index contributed by atoms with van der Waals surface area (Å²) in [6.07, 6.45) is 3.43. The average molecular weight is 232 g/mol. The fourth-order valence-electron chi connectivity index (χ4n) is 2.84. The Balaban J connectivity index is 1.82. The van der Waals surface area contributed by atoms with Crippen molar-refractivity contribution in [2.75, 3.05) is 19.7 Å². The van der Waals surface area contributed by atoms with E-state index in [1.54, 1.807) is 0 Å². The molecule has 3 rings (SSSR count). The molecule has 1 fully saturated rings. The van der Waals surface area contributed by atoms with E-state index in [1.807, 2.05) is 0 Å². The topological polar surface area (TPSA) is 47.3 Å². The number of nitrogens with two attached hydrogens (primary N) is 1. The minimum atomic E-state index is 0.164. The Hall–Kier alpha value is -1.06. The van der Waals surface area contributed by atoms with E-state index < -0.39 is 0 Å². The molecule has 1 aromatic rings. The van der Waals surface area contributed by atoms with Gasteiger partial charge in [-0.3, -0.25) is 0 Å². The quantitative estimate of drug-likeness (QED) is 0.814. The molecule has 2 aliphatic rings. The molecule has 3 heteroatoms. The van der Waals surface area contributed by atoms with Crippen molar-refractivity contribution in [1.29, 1.82) is 0 Å². The van der Waals surface area contributed by atoms with Crippen LogP contribution in [0.4, 0.5) is 0 Å². The zero-order valence-electron chi connectivity index (χ0n) is 10.1. The average Bonchev–Trinajstić information content (AvgIpc) is 2.91. The number of hydrogen-bond acceptors (Lipinski definition) is 3. The summed E-state index contributed by atoms with van der Waals surface area (Å²) in [5.74, 6) is 1.63. The molecule has 1 aromatic carbocycles. The van der Waals surface area contributed by atoms with Gasteiger partial charge in [-0.25, -0.2) is 0 Å². The highest BCUT2D eigenvalue weighted by molar-refractivity contribution is 5.39. The lowest BCUT2D eigenvalue weighted by molar-refractivity contribution is 0.288. The number of nitrogens with one attached hydrogen (secondary N) is 1. The summed E-state index contributed by atoms with van der Waals surface area (Å²) in [5.41, 5.74) is 8.95. The first-order valence-electron chi connectivity index (χ1n) is 6.56. The molecule has 0 spiro atoms. The molecule has 2 unspecified atom stereocenters. The van der Waals surface area contributed by atoms with E-state index >= 15 is 0 Å². The maximum absolute atomic E-state index is 6.35. The highest BCUT2D eigenvalue weighted by atomic mass is 16.5. The molecule has 0 aliphatic carbocycles. The van der Waals surface area contributed by atoms with E-state index in [1.165, 1.54) is 17.5 Å². The van der Waals surface area contributed by atoms with Gasteiger partial charge in [-0.15, -0.1) is 0 Å². The van der Waals surface area contributed by atoms with Crippen LogP contribution >= 0.6 is 0 Å². The van der Waals surface area contributed by atoms with Crippen LogP contribution in [0.2, 0.25) is 0 Å². The molecule has 2 atom stereocenters. The fraction of sp³-hybridized carbons (Fsp3) is 0.571. The van der Waals surface area contributed by atoms with Gasteiger partial charge in [-0.2, -0.15) is 0 Å². The smallest absolute Gasteiger partial charge is 0.122 e. The lowest BCUT2D eigenvalue weighted by Crippen LogP contribution is -2.23. The molecule has 0 aromatic heterocycles. The van der Waals surface area contributed by atoms with Gasteiger partial charge in [0.15, 0.2) is 0 Å². The molecule has 17 heavy (non-hydrogen) atoms. The van der Waals surface area contributed by atoms with E-state index in [0.717, 1.165) is 38.3 Å². The molecule has 2 aliphatic heterocycles. The standard InChI is InChI=1S/C14H20N2O/c15-14(12-5-6-16-9-12)11-3-4-13-10(8-11)2-1-7-17-13/h3-4,8,12,14,16H,1-2,5-7,9,15H2. The van der Waals surface area contributed by atoms with Gasteiger partial charge in [0.05, 0.1) is 6.61 Å². The summed E-state index contributed by atoms with van der Waals surface area (Å²) < 4.78 is 5.63. The summed E-state index contributed by atoms with van der Waals surface area (Å²) in [4.78, 5) is 0. The summed E-state index contributed by atoms with van der Waals surface area (Å²) in [7, 11) is 0. The lowest BCUT2D eigenvalue weighted by atomic mass is 9.91. The van der Waals surface area contributed by atoms with Crippen molar-refractivity contribution >= 4 is 0 Å². The Morgan fingerprint density at radius 2 is 2.35 bits per heavy atom. The van der Waals surface area contributed by atoms with Crippen molar-refractivity contribution in [1.82, 2.24) is 5.32 Å². The van der Waals surface area contributed by atoms with Gasteiger partial charge in [0.2, 0.25) is 0 Å². The second-order valence-electron chi connectivity index (χ2n) is 5.10. The van der Waals surface area contributed by atoms with Crippen LogP contribution in [0, 0.1) is 5.92 Å². The van der Waals surface area contributed by atoms with Crippen LogP contribution < -0.4 is 15.8 Å². The molecule has 1 saturated heterocycles. The van der Waals surface area contributed by atoms with Crippen LogP contribution in [0.25, 0.3) is 0 Å². The van der Waals surface area contributed by atoms with Crippen molar-refractivity contribution in [2.24, 2.45) is 11.7 Å². The minimum Gasteiger partial charge on any atom is -0.493 e. The van der Waals surface area contributed by atoms with Crippen molar-refractivity contribution in [3.05, 3.63) is 29.3 Å². The fourth-order valence-corrected chi connectivity index (χ4v) is 2.84.